The first-order valence-corrected chi connectivity index (χ1v) is 18.8. The van der Waals surface area contributed by atoms with Crippen molar-refractivity contribution in [2.24, 2.45) is 0 Å². The molecule has 2 amide bonds. The quantitative estimate of drug-likeness (QED) is 0.0962. The molecule has 0 aromatic carbocycles. The summed E-state index contributed by atoms with van der Waals surface area (Å²) in [7, 11) is -4.31. The fourth-order valence-corrected chi connectivity index (χ4v) is 9.09. The van der Waals surface area contributed by atoms with Gasteiger partial charge in [0.05, 0.1) is 21.1 Å². The molecule has 4 heterocycles. The normalized spacial score (nSPS) is 13.0. The van der Waals surface area contributed by atoms with Crippen LogP contribution in [-0.4, -0.2) is 57.4 Å². The van der Waals surface area contributed by atoms with Gasteiger partial charge in [0.1, 0.15) is 4.21 Å². The topological polar surface area (TPSA) is 148 Å². The number of hydrogen-bond acceptors (Lipinski definition) is 8. The van der Waals surface area contributed by atoms with E-state index >= 15 is 0 Å². The van der Waals surface area contributed by atoms with Crippen LogP contribution in [0.2, 0.25) is 0 Å². The van der Waals surface area contributed by atoms with E-state index in [0.717, 1.165) is 95.8 Å². The zero-order valence-electron chi connectivity index (χ0n) is 25.5. The van der Waals surface area contributed by atoms with Crippen LogP contribution in [0.15, 0.2) is 21.7 Å². The number of carbonyl (C=O) groups is 2. The SMILES string of the molecule is CCCCCn1nc(C(=O)NCCCNC(=O)c2nn(CCCCC)c3c2Cc2cc(S(=O)(=O)O)sc2-3)c2c1-c1sccc1C2. The molecule has 0 saturated carbocycles. The molecule has 0 atom stereocenters. The number of amides is 2. The molecular weight excluding hydrogens is 633 g/mol. The Balaban J connectivity index is 1.08. The van der Waals surface area contributed by atoms with Gasteiger partial charge in [0.2, 0.25) is 0 Å². The van der Waals surface area contributed by atoms with Crippen molar-refractivity contribution in [3.63, 3.8) is 0 Å². The number of unbranched alkanes of at least 4 members (excludes halogenated alkanes) is 4. The maximum Gasteiger partial charge on any atom is 0.304 e. The second kappa shape index (κ2) is 13.2. The minimum absolute atomic E-state index is 0.100. The van der Waals surface area contributed by atoms with Crippen LogP contribution in [0.1, 0.15) is 102 Å². The fraction of sp³-hybridized carbons (Fsp3) is 0.484. The summed E-state index contributed by atoms with van der Waals surface area (Å²) in [6, 6.07) is 3.61. The van der Waals surface area contributed by atoms with E-state index in [2.05, 4.69) is 41.0 Å². The number of thiophene rings is 2. The Bertz CT molecular complexity index is 1850. The second-order valence-electron chi connectivity index (χ2n) is 11.6. The minimum Gasteiger partial charge on any atom is -0.351 e. The third kappa shape index (κ3) is 6.25. The first-order valence-electron chi connectivity index (χ1n) is 15.6. The van der Waals surface area contributed by atoms with E-state index in [0.29, 0.717) is 43.9 Å². The highest BCUT2D eigenvalue weighted by Gasteiger charge is 2.34. The first-order chi connectivity index (χ1) is 21.7. The molecule has 0 spiro atoms. The number of nitrogens with one attached hydrogen (secondary N) is 2. The van der Waals surface area contributed by atoms with Gasteiger partial charge in [-0.3, -0.25) is 23.5 Å². The lowest BCUT2D eigenvalue weighted by molar-refractivity contribution is 0.0945. The number of hydrogen-bond donors (Lipinski definition) is 3. The monoisotopic (exact) mass is 670 g/mol. The molecule has 0 saturated heterocycles. The molecule has 2 aliphatic rings. The third-order valence-corrected chi connectivity index (χ3v) is 11.8. The van der Waals surface area contributed by atoms with Gasteiger partial charge >= 0.3 is 10.1 Å². The van der Waals surface area contributed by atoms with Crippen molar-refractivity contribution in [3.05, 3.63) is 51.2 Å². The zero-order chi connectivity index (χ0) is 31.7. The van der Waals surface area contributed by atoms with E-state index in [1.807, 2.05) is 4.68 Å². The van der Waals surface area contributed by atoms with Gasteiger partial charge in [-0.2, -0.15) is 18.6 Å². The molecule has 240 valence electrons. The third-order valence-electron chi connectivity index (χ3n) is 8.35. The highest BCUT2D eigenvalue weighted by molar-refractivity contribution is 7.88. The second-order valence-corrected chi connectivity index (χ2v) is 15.2. The lowest BCUT2D eigenvalue weighted by Crippen LogP contribution is -2.31. The molecule has 2 aliphatic carbocycles. The smallest absolute Gasteiger partial charge is 0.304 e. The summed E-state index contributed by atoms with van der Waals surface area (Å²) in [5.41, 5.74) is 6.46. The summed E-state index contributed by atoms with van der Waals surface area (Å²) in [5.74, 6) is -0.493. The average molecular weight is 671 g/mol. The Morgan fingerprint density at radius 2 is 1.40 bits per heavy atom. The molecule has 14 heteroatoms. The Labute approximate surface area is 270 Å². The number of aromatic nitrogens is 4. The summed E-state index contributed by atoms with van der Waals surface area (Å²) in [6.07, 6.45) is 7.81. The molecule has 0 fully saturated rings. The summed E-state index contributed by atoms with van der Waals surface area (Å²) >= 11 is 2.71. The summed E-state index contributed by atoms with van der Waals surface area (Å²) in [5, 5.41) is 17.4. The van der Waals surface area contributed by atoms with E-state index in [1.54, 1.807) is 16.0 Å². The van der Waals surface area contributed by atoms with Gasteiger partial charge in [0.15, 0.2) is 11.4 Å². The molecule has 4 aromatic rings. The van der Waals surface area contributed by atoms with Crippen molar-refractivity contribution in [3.8, 4) is 21.1 Å². The molecular formula is C31H38N6O5S3. The van der Waals surface area contributed by atoms with Crippen LogP contribution >= 0.6 is 22.7 Å². The van der Waals surface area contributed by atoms with Crippen molar-refractivity contribution >= 4 is 44.6 Å². The molecule has 0 unspecified atom stereocenters. The summed E-state index contributed by atoms with van der Waals surface area (Å²) in [6.45, 7) is 6.42. The van der Waals surface area contributed by atoms with Crippen LogP contribution in [0, 0.1) is 0 Å². The van der Waals surface area contributed by atoms with Crippen molar-refractivity contribution in [2.75, 3.05) is 13.1 Å². The van der Waals surface area contributed by atoms with E-state index in [9.17, 15) is 22.6 Å². The van der Waals surface area contributed by atoms with E-state index in [1.165, 1.54) is 16.5 Å². The standard InChI is InChI=1S/C31H38N6O5S3/c1-3-5-7-13-36-26-21(16-19-10-15-43-28(19)26)24(34-36)30(38)32-11-9-12-33-31(39)25-22-17-20-18-23(45(40,41)42)44-29(20)27(22)37(35-25)14-8-6-4-2/h10,15,18H,3-9,11-14,16-17H2,1-2H3,(H,32,38)(H,33,39)(H,40,41,42). The highest BCUT2D eigenvalue weighted by atomic mass is 32.3. The minimum atomic E-state index is -4.31. The lowest BCUT2D eigenvalue weighted by atomic mass is 10.1. The first kappa shape index (κ1) is 31.6. The van der Waals surface area contributed by atoms with Crippen LogP contribution in [0.5, 0.6) is 0 Å². The van der Waals surface area contributed by atoms with Crippen molar-refractivity contribution in [1.82, 2.24) is 30.2 Å². The number of rotatable bonds is 15. The van der Waals surface area contributed by atoms with Crippen molar-refractivity contribution in [2.45, 2.75) is 88.9 Å². The van der Waals surface area contributed by atoms with Crippen molar-refractivity contribution in [1.29, 1.82) is 0 Å². The molecule has 3 N–H and O–H groups in total. The molecule has 4 aromatic heterocycles. The molecule has 6 rings (SSSR count). The van der Waals surface area contributed by atoms with Crippen molar-refractivity contribution < 1.29 is 22.6 Å². The van der Waals surface area contributed by atoms with Crippen LogP contribution in [0.3, 0.4) is 0 Å². The Hall–Kier alpha value is -3.33. The molecule has 0 aliphatic heterocycles. The Kier molecular flexibility index (Phi) is 9.27. The van der Waals surface area contributed by atoms with Gasteiger partial charge in [-0.15, -0.1) is 22.7 Å². The Morgan fingerprint density at radius 1 is 0.844 bits per heavy atom. The maximum absolute atomic E-state index is 13.3. The summed E-state index contributed by atoms with van der Waals surface area (Å²) < 4.78 is 36.7. The van der Waals surface area contributed by atoms with Crippen LogP contribution in [-0.2, 0) is 36.0 Å². The average Bonchev–Trinajstić information content (AvgIpc) is 3.81. The van der Waals surface area contributed by atoms with Crippen LogP contribution in [0.25, 0.3) is 21.1 Å². The van der Waals surface area contributed by atoms with E-state index < -0.39 is 10.1 Å². The Morgan fingerprint density at radius 3 is 1.96 bits per heavy atom. The van der Waals surface area contributed by atoms with Gasteiger partial charge in [0, 0.05) is 50.1 Å². The number of nitrogens with zero attached hydrogens (tertiary/aromatic N) is 4. The van der Waals surface area contributed by atoms with Gasteiger partial charge in [0.25, 0.3) is 11.8 Å². The molecule has 11 nitrogen and oxygen atoms in total. The van der Waals surface area contributed by atoms with Gasteiger partial charge < -0.3 is 10.6 Å². The van der Waals surface area contributed by atoms with Gasteiger partial charge in [-0.25, -0.2) is 0 Å². The number of aryl methyl sites for hydroxylation is 2. The maximum atomic E-state index is 13.3. The number of carbonyl (C=O) groups excluding carboxylic acids is 2. The highest BCUT2D eigenvalue weighted by Crippen LogP contribution is 2.45. The van der Waals surface area contributed by atoms with Crippen LogP contribution in [0.4, 0.5) is 0 Å². The van der Waals surface area contributed by atoms with Gasteiger partial charge in [-0.1, -0.05) is 39.5 Å². The van der Waals surface area contributed by atoms with E-state index in [-0.39, 0.29) is 16.0 Å². The zero-order valence-corrected chi connectivity index (χ0v) is 28.0. The lowest BCUT2D eigenvalue weighted by Gasteiger charge is -2.07. The summed E-state index contributed by atoms with van der Waals surface area (Å²) in [4.78, 5) is 28.4. The van der Waals surface area contributed by atoms with E-state index in [4.69, 9.17) is 5.10 Å². The fourth-order valence-electron chi connectivity index (χ4n) is 6.14. The predicted molar refractivity (Wildman–Crippen MR) is 175 cm³/mol. The predicted octanol–water partition coefficient (Wildman–Crippen LogP) is 5.52. The molecule has 45 heavy (non-hydrogen) atoms. The number of fused-ring (bicyclic) bond motifs is 6. The van der Waals surface area contributed by atoms with Gasteiger partial charge in [-0.05, 0) is 47.9 Å². The van der Waals surface area contributed by atoms with Crippen LogP contribution < -0.4 is 10.6 Å². The molecule has 0 bridgehead atoms. The largest absolute Gasteiger partial charge is 0.351 e. The molecule has 0 radical (unpaired) electrons.